The molecule has 0 aliphatic rings. The molecule has 0 aliphatic heterocycles. The highest BCUT2D eigenvalue weighted by Gasteiger charge is 2.07. The Labute approximate surface area is 92.8 Å². The largest absolute Gasteiger partial charge is 0.291 e. The van der Waals surface area contributed by atoms with Gasteiger partial charge in [-0.05, 0) is 36.1 Å². The molecular formula is C13H7FN2. The Morgan fingerprint density at radius 2 is 1.81 bits per heavy atom. The fourth-order valence-electron chi connectivity index (χ4n) is 1.39. The van der Waals surface area contributed by atoms with Gasteiger partial charge in [0, 0.05) is 5.69 Å². The second kappa shape index (κ2) is 3.92. The molecule has 0 fully saturated rings. The molecule has 76 valence electrons. The number of benzene rings is 1. The molecular weight excluding hydrogens is 203 g/mol. The molecule has 0 radical (unpaired) electrons. The van der Waals surface area contributed by atoms with Gasteiger partial charge in [-0.3, -0.25) is 4.57 Å². The van der Waals surface area contributed by atoms with E-state index in [1.165, 1.54) is 18.5 Å². The van der Waals surface area contributed by atoms with Gasteiger partial charge in [-0.25, -0.2) is 9.37 Å². The highest BCUT2D eigenvalue weighted by atomic mass is 19.1. The van der Waals surface area contributed by atoms with Crippen molar-refractivity contribution >= 4 is 0 Å². The molecule has 1 aromatic heterocycles. The summed E-state index contributed by atoms with van der Waals surface area (Å²) in [4.78, 5) is 3.99. The van der Waals surface area contributed by atoms with E-state index in [1.807, 2.05) is 0 Å². The molecule has 2 aromatic rings. The molecule has 0 unspecified atom stereocenters. The Bertz CT molecular complexity index is 594. The minimum Gasteiger partial charge on any atom is -0.291 e. The van der Waals surface area contributed by atoms with E-state index in [0.717, 1.165) is 5.69 Å². The molecule has 0 spiro atoms. The molecule has 0 amide bonds. The summed E-state index contributed by atoms with van der Waals surface area (Å²) in [5.41, 5.74) is 1.63. The Morgan fingerprint density at radius 3 is 2.38 bits per heavy atom. The number of hydrogen-bond donors (Lipinski definition) is 0. The first-order valence-corrected chi connectivity index (χ1v) is 4.52. The molecule has 0 N–H and O–H groups in total. The SMILES string of the molecule is C#Cc1ncn(-c2ccc(F)cc2)c1C#C. The predicted octanol–water partition coefficient (Wildman–Crippen LogP) is 1.97. The van der Waals surface area contributed by atoms with Crippen LogP contribution < -0.4 is 0 Å². The Morgan fingerprint density at radius 1 is 1.12 bits per heavy atom. The molecule has 1 heterocycles. The van der Waals surface area contributed by atoms with Crippen LogP contribution >= 0.6 is 0 Å². The van der Waals surface area contributed by atoms with E-state index in [-0.39, 0.29) is 5.82 Å². The molecule has 0 bridgehead atoms. The number of nitrogens with zero attached hydrogens (tertiary/aromatic N) is 2. The molecule has 3 heteroatoms. The van der Waals surface area contributed by atoms with Crippen molar-refractivity contribution in [2.75, 3.05) is 0 Å². The zero-order chi connectivity index (χ0) is 11.5. The zero-order valence-electron chi connectivity index (χ0n) is 8.31. The number of halogens is 1. The molecule has 2 nitrogen and oxygen atoms in total. The first-order valence-electron chi connectivity index (χ1n) is 4.52. The zero-order valence-corrected chi connectivity index (χ0v) is 8.31. The lowest BCUT2D eigenvalue weighted by atomic mass is 10.3. The van der Waals surface area contributed by atoms with E-state index in [4.69, 9.17) is 12.8 Å². The Kier molecular flexibility index (Phi) is 2.45. The van der Waals surface area contributed by atoms with Gasteiger partial charge in [0.1, 0.15) is 23.5 Å². The van der Waals surface area contributed by atoms with Crippen LogP contribution in [0.1, 0.15) is 11.4 Å². The van der Waals surface area contributed by atoms with Crippen LogP contribution in [0.3, 0.4) is 0 Å². The van der Waals surface area contributed by atoms with Gasteiger partial charge in [0.25, 0.3) is 0 Å². The van der Waals surface area contributed by atoms with Crippen molar-refractivity contribution in [3.8, 4) is 30.4 Å². The summed E-state index contributed by atoms with van der Waals surface area (Å²) in [7, 11) is 0. The fraction of sp³-hybridized carbons (Fsp3) is 0. The Hall–Kier alpha value is -2.52. The number of imidazole rings is 1. The molecule has 16 heavy (non-hydrogen) atoms. The molecule has 0 saturated carbocycles. The molecule has 0 saturated heterocycles. The van der Waals surface area contributed by atoms with Crippen LogP contribution in [0.2, 0.25) is 0 Å². The summed E-state index contributed by atoms with van der Waals surface area (Å²) in [6.07, 6.45) is 12.1. The first-order chi connectivity index (χ1) is 7.76. The molecule has 2 rings (SSSR count). The quantitative estimate of drug-likeness (QED) is 0.658. The van der Waals surface area contributed by atoms with Gasteiger partial charge >= 0.3 is 0 Å². The average Bonchev–Trinajstić information content (AvgIpc) is 2.72. The third kappa shape index (κ3) is 1.55. The van der Waals surface area contributed by atoms with Crippen LogP contribution in [-0.2, 0) is 0 Å². The lowest BCUT2D eigenvalue weighted by Gasteiger charge is -2.03. The molecule has 0 atom stereocenters. The topological polar surface area (TPSA) is 17.8 Å². The summed E-state index contributed by atoms with van der Waals surface area (Å²) in [5.74, 6) is 4.57. The van der Waals surface area contributed by atoms with Crippen LogP contribution in [0.15, 0.2) is 30.6 Å². The van der Waals surface area contributed by atoms with Gasteiger partial charge in [0.05, 0.1) is 0 Å². The summed E-state index contributed by atoms with van der Waals surface area (Å²) < 4.78 is 14.4. The molecule has 1 aromatic carbocycles. The van der Waals surface area contributed by atoms with E-state index >= 15 is 0 Å². The van der Waals surface area contributed by atoms with Crippen LogP contribution in [0.4, 0.5) is 4.39 Å². The summed E-state index contributed by atoms with van der Waals surface area (Å²) >= 11 is 0. The van der Waals surface area contributed by atoms with Gasteiger partial charge in [-0.15, -0.1) is 12.8 Å². The fourth-order valence-corrected chi connectivity index (χ4v) is 1.39. The van der Waals surface area contributed by atoms with Crippen molar-refractivity contribution in [3.63, 3.8) is 0 Å². The first kappa shape index (κ1) is 10.0. The van der Waals surface area contributed by atoms with Gasteiger partial charge in [0.2, 0.25) is 0 Å². The summed E-state index contributed by atoms with van der Waals surface area (Å²) in [6, 6.07) is 5.92. The maximum atomic E-state index is 12.8. The normalized spacial score (nSPS) is 9.44. The van der Waals surface area contributed by atoms with Crippen molar-refractivity contribution in [1.82, 2.24) is 9.55 Å². The molecule has 0 aliphatic carbocycles. The van der Waals surface area contributed by atoms with Crippen LogP contribution in [-0.4, -0.2) is 9.55 Å². The maximum absolute atomic E-state index is 12.8. The van der Waals surface area contributed by atoms with E-state index in [9.17, 15) is 4.39 Å². The average molecular weight is 210 g/mol. The van der Waals surface area contributed by atoms with Crippen LogP contribution in [0, 0.1) is 30.5 Å². The van der Waals surface area contributed by atoms with Crippen molar-refractivity contribution < 1.29 is 4.39 Å². The van der Waals surface area contributed by atoms with Crippen molar-refractivity contribution in [2.24, 2.45) is 0 Å². The van der Waals surface area contributed by atoms with E-state index in [1.54, 1.807) is 16.7 Å². The number of aromatic nitrogens is 2. The lowest BCUT2D eigenvalue weighted by Crippen LogP contribution is -1.96. The number of terminal acetylenes is 2. The van der Waals surface area contributed by atoms with E-state index < -0.39 is 0 Å². The summed E-state index contributed by atoms with van der Waals surface area (Å²) in [6.45, 7) is 0. The number of rotatable bonds is 1. The van der Waals surface area contributed by atoms with Gasteiger partial charge < -0.3 is 0 Å². The smallest absolute Gasteiger partial charge is 0.147 e. The van der Waals surface area contributed by atoms with Crippen molar-refractivity contribution in [2.45, 2.75) is 0 Å². The maximum Gasteiger partial charge on any atom is 0.147 e. The second-order valence-corrected chi connectivity index (χ2v) is 3.08. The van der Waals surface area contributed by atoms with E-state index in [2.05, 4.69) is 16.8 Å². The van der Waals surface area contributed by atoms with Crippen molar-refractivity contribution in [3.05, 3.63) is 47.8 Å². The van der Waals surface area contributed by atoms with Crippen LogP contribution in [0.5, 0.6) is 0 Å². The highest BCUT2D eigenvalue weighted by molar-refractivity contribution is 5.46. The third-order valence-corrected chi connectivity index (χ3v) is 2.15. The van der Waals surface area contributed by atoms with Gasteiger partial charge in [-0.2, -0.15) is 0 Å². The minimum absolute atomic E-state index is 0.303. The predicted molar refractivity (Wildman–Crippen MR) is 59.4 cm³/mol. The lowest BCUT2D eigenvalue weighted by molar-refractivity contribution is 0.627. The van der Waals surface area contributed by atoms with Crippen LogP contribution in [0.25, 0.3) is 5.69 Å². The highest BCUT2D eigenvalue weighted by Crippen LogP contribution is 2.14. The Balaban J connectivity index is 2.58. The standard InChI is InChI=1S/C13H7FN2/c1-3-12-13(4-2)16(9-15-12)11-7-5-10(14)6-8-11/h1-2,5-9H. The third-order valence-electron chi connectivity index (χ3n) is 2.15. The summed E-state index contributed by atoms with van der Waals surface area (Å²) in [5, 5.41) is 0. The van der Waals surface area contributed by atoms with Gasteiger partial charge in [-0.1, -0.05) is 0 Å². The second-order valence-electron chi connectivity index (χ2n) is 3.08. The minimum atomic E-state index is -0.303. The van der Waals surface area contributed by atoms with Crippen molar-refractivity contribution in [1.29, 1.82) is 0 Å². The number of hydrogen-bond acceptors (Lipinski definition) is 1. The van der Waals surface area contributed by atoms with Gasteiger partial charge in [0.15, 0.2) is 0 Å². The monoisotopic (exact) mass is 210 g/mol. The van der Waals surface area contributed by atoms with E-state index in [0.29, 0.717) is 11.4 Å².